The molecule has 0 aromatic carbocycles. The van der Waals surface area contributed by atoms with E-state index in [9.17, 15) is 0 Å². The molecular formula is C11H22O2. The van der Waals surface area contributed by atoms with Crippen LogP contribution in [0.1, 0.15) is 39.0 Å². The van der Waals surface area contributed by atoms with Gasteiger partial charge < -0.3 is 9.47 Å². The minimum atomic E-state index is 0.764. The van der Waals surface area contributed by atoms with Crippen LogP contribution in [0.4, 0.5) is 0 Å². The molecule has 2 nitrogen and oxygen atoms in total. The molecule has 0 atom stereocenters. The van der Waals surface area contributed by atoms with E-state index in [1.807, 2.05) is 0 Å². The van der Waals surface area contributed by atoms with Crippen molar-refractivity contribution >= 4 is 0 Å². The Morgan fingerprint density at radius 3 is 2.38 bits per heavy atom. The highest BCUT2D eigenvalue weighted by molar-refractivity contribution is 4.66. The zero-order valence-corrected chi connectivity index (χ0v) is 8.76. The lowest BCUT2D eigenvalue weighted by atomic mass is 10.1. The minimum absolute atomic E-state index is 0.764. The normalized spacial score (nSPS) is 18.2. The van der Waals surface area contributed by atoms with Crippen molar-refractivity contribution in [3.8, 4) is 0 Å². The summed E-state index contributed by atoms with van der Waals surface area (Å²) < 4.78 is 10.9. The summed E-state index contributed by atoms with van der Waals surface area (Å²) in [6.07, 6.45) is 6.65. The van der Waals surface area contributed by atoms with E-state index in [1.165, 1.54) is 25.7 Å². The van der Waals surface area contributed by atoms with Crippen LogP contribution in [-0.2, 0) is 9.47 Å². The van der Waals surface area contributed by atoms with E-state index in [0.29, 0.717) is 0 Å². The Morgan fingerprint density at radius 2 is 1.69 bits per heavy atom. The highest BCUT2D eigenvalue weighted by Gasteiger charge is 2.14. The second-order valence-electron chi connectivity index (χ2n) is 3.84. The molecule has 78 valence electrons. The summed E-state index contributed by atoms with van der Waals surface area (Å²) in [5.74, 6) is 0.839. The van der Waals surface area contributed by atoms with Gasteiger partial charge in [0.2, 0.25) is 0 Å². The largest absolute Gasteiger partial charge is 0.379 e. The Morgan fingerprint density at radius 1 is 1.00 bits per heavy atom. The summed E-state index contributed by atoms with van der Waals surface area (Å²) in [6.45, 7) is 5.48. The summed E-state index contributed by atoms with van der Waals surface area (Å²) in [5.41, 5.74) is 0. The third kappa shape index (κ3) is 5.27. The summed E-state index contributed by atoms with van der Waals surface area (Å²) in [6, 6.07) is 0. The second kappa shape index (κ2) is 7.34. The Labute approximate surface area is 81.6 Å². The van der Waals surface area contributed by atoms with Gasteiger partial charge in [0.05, 0.1) is 13.2 Å². The topological polar surface area (TPSA) is 18.5 Å². The fraction of sp³-hybridized carbons (Fsp3) is 1.00. The molecule has 0 amide bonds. The molecule has 0 heterocycles. The van der Waals surface area contributed by atoms with Crippen LogP contribution in [0, 0.1) is 5.92 Å². The molecule has 0 radical (unpaired) electrons. The second-order valence-corrected chi connectivity index (χ2v) is 3.84. The Bertz CT molecular complexity index is 109. The summed E-state index contributed by atoms with van der Waals surface area (Å²) in [7, 11) is 0. The SMILES string of the molecule is CCCOCCOCC1CCCC1. The van der Waals surface area contributed by atoms with Crippen LogP contribution in [0.3, 0.4) is 0 Å². The van der Waals surface area contributed by atoms with E-state index in [2.05, 4.69) is 6.92 Å². The van der Waals surface area contributed by atoms with Gasteiger partial charge in [-0.25, -0.2) is 0 Å². The molecule has 0 spiro atoms. The predicted molar refractivity (Wildman–Crippen MR) is 53.9 cm³/mol. The first-order valence-electron chi connectivity index (χ1n) is 5.59. The van der Waals surface area contributed by atoms with E-state index in [1.54, 1.807) is 0 Å². The fourth-order valence-corrected chi connectivity index (χ4v) is 1.79. The maximum atomic E-state index is 5.54. The lowest BCUT2D eigenvalue weighted by molar-refractivity contribution is 0.0344. The van der Waals surface area contributed by atoms with Crippen molar-refractivity contribution in [2.75, 3.05) is 26.4 Å². The highest BCUT2D eigenvalue weighted by atomic mass is 16.5. The molecule has 0 aliphatic heterocycles. The quantitative estimate of drug-likeness (QED) is 0.569. The maximum absolute atomic E-state index is 5.54. The van der Waals surface area contributed by atoms with Gasteiger partial charge in [0.15, 0.2) is 0 Å². The number of rotatable bonds is 7. The fourth-order valence-electron chi connectivity index (χ4n) is 1.79. The molecule has 0 N–H and O–H groups in total. The molecule has 1 fully saturated rings. The van der Waals surface area contributed by atoms with Gasteiger partial charge >= 0.3 is 0 Å². The molecule has 1 saturated carbocycles. The average molecular weight is 186 g/mol. The maximum Gasteiger partial charge on any atom is 0.0700 e. The van der Waals surface area contributed by atoms with Crippen molar-refractivity contribution in [3.05, 3.63) is 0 Å². The lowest BCUT2D eigenvalue weighted by Gasteiger charge is -2.09. The van der Waals surface area contributed by atoms with Crippen molar-refractivity contribution in [3.63, 3.8) is 0 Å². The van der Waals surface area contributed by atoms with E-state index in [0.717, 1.165) is 38.8 Å². The van der Waals surface area contributed by atoms with Gasteiger partial charge in [0.1, 0.15) is 0 Å². The monoisotopic (exact) mass is 186 g/mol. The number of hydrogen-bond acceptors (Lipinski definition) is 2. The smallest absolute Gasteiger partial charge is 0.0700 e. The van der Waals surface area contributed by atoms with Gasteiger partial charge in [0, 0.05) is 13.2 Å². The molecule has 13 heavy (non-hydrogen) atoms. The van der Waals surface area contributed by atoms with E-state index in [4.69, 9.17) is 9.47 Å². The van der Waals surface area contributed by atoms with Gasteiger partial charge in [0.25, 0.3) is 0 Å². The van der Waals surface area contributed by atoms with Gasteiger partial charge in [-0.2, -0.15) is 0 Å². The summed E-state index contributed by atoms with van der Waals surface area (Å²) >= 11 is 0. The molecule has 2 heteroatoms. The molecule has 1 aliphatic carbocycles. The third-order valence-corrected chi connectivity index (χ3v) is 2.55. The summed E-state index contributed by atoms with van der Waals surface area (Å²) in [5, 5.41) is 0. The zero-order chi connectivity index (χ0) is 9.36. The average Bonchev–Trinajstić information content (AvgIpc) is 2.63. The van der Waals surface area contributed by atoms with Crippen LogP contribution in [0.5, 0.6) is 0 Å². The number of hydrogen-bond donors (Lipinski definition) is 0. The van der Waals surface area contributed by atoms with Crippen LogP contribution < -0.4 is 0 Å². The zero-order valence-electron chi connectivity index (χ0n) is 8.76. The molecule has 0 bridgehead atoms. The highest BCUT2D eigenvalue weighted by Crippen LogP contribution is 2.24. The molecule has 0 saturated heterocycles. The molecule has 0 aromatic rings. The first-order valence-corrected chi connectivity index (χ1v) is 5.59. The first kappa shape index (κ1) is 11.0. The van der Waals surface area contributed by atoms with Crippen LogP contribution in [0.2, 0.25) is 0 Å². The van der Waals surface area contributed by atoms with E-state index >= 15 is 0 Å². The molecule has 0 unspecified atom stereocenters. The Hall–Kier alpha value is -0.0800. The van der Waals surface area contributed by atoms with Crippen molar-refractivity contribution in [1.29, 1.82) is 0 Å². The first-order chi connectivity index (χ1) is 6.43. The van der Waals surface area contributed by atoms with Crippen LogP contribution >= 0.6 is 0 Å². The van der Waals surface area contributed by atoms with Crippen LogP contribution in [0.15, 0.2) is 0 Å². The van der Waals surface area contributed by atoms with Crippen molar-refractivity contribution in [1.82, 2.24) is 0 Å². The third-order valence-electron chi connectivity index (χ3n) is 2.55. The predicted octanol–water partition coefficient (Wildman–Crippen LogP) is 2.62. The Balaban J connectivity index is 1.78. The van der Waals surface area contributed by atoms with Gasteiger partial charge in [-0.15, -0.1) is 0 Å². The van der Waals surface area contributed by atoms with Crippen LogP contribution in [0.25, 0.3) is 0 Å². The standard InChI is InChI=1S/C11H22O2/c1-2-7-12-8-9-13-10-11-5-3-4-6-11/h11H,2-10H2,1H3. The van der Waals surface area contributed by atoms with Crippen LogP contribution in [-0.4, -0.2) is 26.4 Å². The van der Waals surface area contributed by atoms with Gasteiger partial charge in [-0.3, -0.25) is 0 Å². The molecule has 1 aliphatic rings. The molecule has 0 aromatic heterocycles. The van der Waals surface area contributed by atoms with Crippen molar-refractivity contribution < 1.29 is 9.47 Å². The van der Waals surface area contributed by atoms with E-state index in [-0.39, 0.29) is 0 Å². The van der Waals surface area contributed by atoms with Crippen molar-refractivity contribution in [2.45, 2.75) is 39.0 Å². The molecular weight excluding hydrogens is 164 g/mol. The minimum Gasteiger partial charge on any atom is -0.379 e. The molecule has 1 rings (SSSR count). The summed E-state index contributed by atoms with van der Waals surface area (Å²) in [4.78, 5) is 0. The van der Waals surface area contributed by atoms with Gasteiger partial charge in [-0.1, -0.05) is 19.8 Å². The van der Waals surface area contributed by atoms with E-state index < -0.39 is 0 Å². The van der Waals surface area contributed by atoms with Crippen molar-refractivity contribution in [2.24, 2.45) is 5.92 Å². The Kier molecular flexibility index (Phi) is 6.21. The number of ether oxygens (including phenoxy) is 2. The van der Waals surface area contributed by atoms with Gasteiger partial charge in [-0.05, 0) is 25.2 Å². The lowest BCUT2D eigenvalue weighted by Crippen LogP contribution is -2.10.